The van der Waals surface area contributed by atoms with E-state index in [1.54, 1.807) is 26.0 Å². The second-order valence-corrected chi connectivity index (χ2v) is 6.06. The predicted octanol–water partition coefficient (Wildman–Crippen LogP) is 3.85. The molecule has 1 N–H and O–H groups in total. The van der Waals surface area contributed by atoms with E-state index in [2.05, 4.69) is 11.4 Å². The number of rotatable bonds is 8. The number of anilines is 1. The summed E-state index contributed by atoms with van der Waals surface area (Å²) in [5, 5.41) is 12.0. The lowest BCUT2D eigenvalue weighted by Gasteiger charge is -2.16. The molecule has 0 fully saturated rings. The third-order valence-electron chi connectivity index (χ3n) is 3.82. The zero-order valence-corrected chi connectivity index (χ0v) is 15.4. The minimum Gasteiger partial charge on any atom is -0.493 e. The Morgan fingerprint density at radius 3 is 2.62 bits per heavy atom. The fourth-order valence-corrected chi connectivity index (χ4v) is 2.52. The maximum atomic E-state index is 11.8. The van der Waals surface area contributed by atoms with E-state index < -0.39 is 6.04 Å². The Hall–Kier alpha value is -3.00. The quantitative estimate of drug-likeness (QED) is 0.731. The van der Waals surface area contributed by atoms with Crippen LogP contribution in [0.15, 0.2) is 42.5 Å². The SMILES string of the molecule is CCOC(=O)C(C)Nc1cc(C)cc(OCCc2ccc(C#N)cc2)c1. The van der Waals surface area contributed by atoms with Crippen molar-refractivity contribution in [1.29, 1.82) is 5.26 Å². The average Bonchev–Trinajstić information content (AvgIpc) is 2.62. The Balaban J connectivity index is 1.93. The van der Waals surface area contributed by atoms with Gasteiger partial charge >= 0.3 is 5.97 Å². The monoisotopic (exact) mass is 352 g/mol. The number of esters is 1. The highest BCUT2D eigenvalue weighted by molar-refractivity contribution is 5.79. The molecule has 0 heterocycles. The van der Waals surface area contributed by atoms with Crippen LogP contribution in [0.25, 0.3) is 0 Å². The zero-order chi connectivity index (χ0) is 18.9. The molecule has 0 aliphatic heterocycles. The van der Waals surface area contributed by atoms with Crippen molar-refractivity contribution in [3.8, 4) is 11.8 Å². The maximum absolute atomic E-state index is 11.8. The molecule has 0 bridgehead atoms. The van der Waals surface area contributed by atoms with Gasteiger partial charge in [0.1, 0.15) is 11.8 Å². The van der Waals surface area contributed by atoms with Gasteiger partial charge in [0, 0.05) is 18.2 Å². The molecule has 26 heavy (non-hydrogen) atoms. The first-order valence-electron chi connectivity index (χ1n) is 8.68. The highest BCUT2D eigenvalue weighted by atomic mass is 16.5. The summed E-state index contributed by atoms with van der Waals surface area (Å²) in [6.45, 7) is 6.43. The van der Waals surface area contributed by atoms with E-state index in [0.717, 1.165) is 29.0 Å². The van der Waals surface area contributed by atoms with E-state index >= 15 is 0 Å². The topological polar surface area (TPSA) is 71.3 Å². The van der Waals surface area contributed by atoms with Gasteiger partial charge in [-0.05, 0) is 56.2 Å². The van der Waals surface area contributed by atoms with Gasteiger partial charge in [-0.2, -0.15) is 5.26 Å². The Morgan fingerprint density at radius 1 is 1.23 bits per heavy atom. The van der Waals surface area contributed by atoms with Crippen LogP contribution in [0.3, 0.4) is 0 Å². The van der Waals surface area contributed by atoms with Crippen LogP contribution in [-0.2, 0) is 16.0 Å². The first-order chi connectivity index (χ1) is 12.5. The lowest BCUT2D eigenvalue weighted by atomic mass is 10.1. The van der Waals surface area contributed by atoms with Crippen molar-refractivity contribution < 1.29 is 14.3 Å². The van der Waals surface area contributed by atoms with Crippen molar-refractivity contribution in [3.05, 3.63) is 59.2 Å². The van der Waals surface area contributed by atoms with Gasteiger partial charge in [-0.1, -0.05) is 12.1 Å². The number of nitrogens with one attached hydrogen (secondary N) is 1. The normalized spacial score (nSPS) is 11.3. The highest BCUT2D eigenvalue weighted by Gasteiger charge is 2.14. The van der Waals surface area contributed by atoms with Gasteiger partial charge in [0.15, 0.2) is 0 Å². The van der Waals surface area contributed by atoms with Crippen LogP contribution in [-0.4, -0.2) is 25.2 Å². The van der Waals surface area contributed by atoms with Crippen molar-refractivity contribution >= 4 is 11.7 Å². The minimum atomic E-state index is -0.428. The number of aryl methyl sites for hydroxylation is 1. The fraction of sp³-hybridized carbons (Fsp3) is 0.333. The summed E-state index contributed by atoms with van der Waals surface area (Å²) in [4.78, 5) is 11.8. The number of nitriles is 1. The van der Waals surface area contributed by atoms with Gasteiger partial charge in [-0.3, -0.25) is 0 Å². The summed E-state index contributed by atoms with van der Waals surface area (Å²) in [6, 6.07) is 15.0. The molecule has 0 saturated heterocycles. The zero-order valence-electron chi connectivity index (χ0n) is 15.4. The first kappa shape index (κ1) is 19.3. The van der Waals surface area contributed by atoms with Gasteiger partial charge in [0.05, 0.1) is 24.8 Å². The molecule has 0 aromatic heterocycles. The summed E-state index contributed by atoms with van der Waals surface area (Å²) < 4.78 is 10.9. The molecule has 0 saturated carbocycles. The van der Waals surface area contributed by atoms with Gasteiger partial charge in [0.2, 0.25) is 0 Å². The van der Waals surface area contributed by atoms with Crippen molar-refractivity contribution in [2.24, 2.45) is 0 Å². The summed E-state index contributed by atoms with van der Waals surface area (Å²) in [5.74, 6) is 0.467. The summed E-state index contributed by atoms with van der Waals surface area (Å²) >= 11 is 0. The van der Waals surface area contributed by atoms with Crippen LogP contribution in [0.2, 0.25) is 0 Å². The van der Waals surface area contributed by atoms with Crippen molar-refractivity contribution in [2.75, 3.05) is 18.5 Å². The number of hydrogen-bond acceptors (Lipinski definition) is 5. The molecule has 5 heteroatoms. The third kappa shape index (κ3) is 5.82. The summed E-state index contributed by atoms with van der Waals surface area (Å²) in [7, 11) is 0. The highest BCUT2D eigenvalue weighted by Crippen LogP contribution is 2.22. The number of ether oxygens (including phenoxy) is 2. The molecule has 5 nitrogen and oxygen atoms in total. The predicted molar refractivity (Wildman–Crippen MR) is 101 cm³/mol. The Kier molecular flexibility index (Phi) is 7.04. The Labute approximate surface area is 154 Å². The van der Waals surface area contributed by atoms with Crippen LogP contribution >= 0.6 is 0 Å². The van der Waals surface area contributed by atoms with Gasteiger partial charge < -0.3 is 14.8 Å². The van der Waals surface area contributed by atoms with Crippen LogP contribution in [0, 0.1) is 18.3 Å². The Bertz CT molecular complexity index is 779. The van der Waals surface area contributed by atoms with E-state index in [1.807, 2.05) is 37.3 Å². The van der Waals surface area contributed by atoms with Gasteiger partial charge in [-0.25, -0.2) is 4.79 Å². The molecule has 2 aromatic rings. The smallest absolute Gasteiger partial charge is 0.328 e. The Morgan fingerprint density at radius 2 is 1.96 bits per heavy atom. The minimum absolute atomic E-state index is 0.280. The molecular formula is C21H24N2O3. The second-order valence-electron chi connectivity index (χ2n) is 6.06. The number of nitrogens with zero attached hydrogens (tertiary/aromatic N) is 1. The van der Waals surface area contributed by atoms with Crippen LogP contribution in [0.1, 0.15) is 30.5 Å². The molecule has 0 aliphatic carbocycles. The van der Waals surface area contributed by atoms with Gasteiger partial charge in [0.25, 0.3) is 0 Å². The van der Waals surface area contributed by atoms with E-state index in [9.17, 15) is 4.79 Å². The number of carbonyl (C=O) groups is 1. The molecule has 1 unspecified atom stereocenters. The first-order valence-corrected chi connectivity index (χ1v) is 8.68. The van der Waals surface area contributed by atoms with E-state index in [-0.39, 0.29) is 5.97 Å². The van der Waals surface area contributed by atoms with E-state index in [1.165, 1.54) is 0 Å². The molecule has 0 aliphatic rings. The van der Waals surface area contributed by atoms with Crippen LogP contribution in [0.4, 0.5) is 5.69 Å². The largest absolute Gasteiger partial charge is 0.493 e. The maximum Gasteiger partial charge on any atom is 0.328 e. The molecule has 2 rings (SSSR count). The van der Waals surface area contributed by atoms with Crippen molar-refractivity contribution in [1.82, 2.24) is 0 Å². The van der Waals surface area contributed by atoms with Crippen molar-refractivity contribution in [3.63, 3.8) is 0 Å². The van der Waals surface area contributed by atoms with Gasteiger partial charge in [-0.15, -0.1) is 0 Å². The lowest BCUT2D eigenvalue weighted by Crippen LogP contribution is -2.28. The summed E-state index contributed by atoms with van der Waals surface area (Å²) in [5.41, 5.74) is 3.63. The molecule has 0 amide bonds. The molecule has 0 spiro atoms. The van der Waals surface area contributed by atoms with E-state index in [4.69, 9.17) is 14.7 Å². The van der Waals surface area contributed by atoms with E-state index in [0.29, 0.717) is 18.8 Å². The number of carbonyl (C=O) groups excluding carboxylic acids is 1. The van der Waals surface area contributed by atoms with Crippen LogP contribution in [0.5, 0.6) is 5.75 Å². The number of hydrogen-bond donors (Lipinski definition) is 1. The second kappa shape index (κ2) is 9.47. The lowest BCUT2D eigenvalue weighted by molar-refractivity contribution is -0.143. The number of benzene rings is 2. The molecule has 0 radical (unpaired) electrons. The molecule has 136 valence electrons. The average molecular weight is 352 g/mol. The van der Waals surface area contributed by atoms with Crippen molar-refractivity contribution in [2.45, 2.75) is 33.2 Å². The van der Waals surface area contributed by atoms with Crippen LogP contribution < -0.4 is 10.1 Å². The summed E-state index contributed by atoms with van der Waals surface area (Å²) in [6.07, 6.45) is 0.752. The standard InChI is InChI=1S/C21H24N2O3/c1-4-25-21(24)16(3)23-19-11-15(2)12-20(13-19)26-10-9-17-5-7-18(14-22)8-6-17/h5-8,11-13,16,23H,4,9-10H2,1-3H3. The molecule has 2 aromatic carbocycles. The fourth-order valence-electron chi connectivity index (χ4n) is 2.52. The third-order valence-corrected chi connectivity index (χ3v) is 3.82. The molecular weight excluding hydrogens is 328 g/mol. The molecule has 1 atom stereocenters.